The van der Waals surface area contributed by atoms with Crippen molar-refractivity contribution in [3.8, 4) is 11.8 Å². The lowest BCUT2D eigenvalue weighted by Gasteiger charge is -2.18. The second-order valence-electron chi connectivity index (χ2n) is 3.80. The van der Waals surface area contributed by atoms with Crippen molar-refractivity contribution in [2.45, 2.75) is 32.8 Å². The third-order valence-electron chi connectivity index (χ3n) is 2.58. The summed E-state index contributed by atoms with van der Waals surface area (Å²) < 4.78 is 0. The maximum atomic E-state index is 10.0. The van der Waals surface area contributed by atoms with E-state index in [2.05, 4.69) is 18.8 Å². The van der Waals surface area contributed by atoms with E-state index in [-0.39, 0.29) is 12.0 Å². The average Bonchev–Trinajstić information content (AvgIpc) is 2.29. The van der Waals surface area contributed by atoms with Crippen LogP contribution in [0.3, 0.4) is 0 Å². The van der Waals surface area contributed by atoms with Gasteiger partial charge >= 0.3 is 0 Å². The summed E-state index contributed by atoms with van der Waals surface area (Å²) in [4.78, 5) is 0. The van der Waals surface area contributed by atoms with Crippen molar-refractivity contribution >= 4 is 0 Å². The molecule has 0 heterocycles. The Labute approximate surface area is 92.1 Å². The summed E-state index contributed by atoms with van der Waals surface area (Å²) in [7, 11) is 0. The molecule has 0 aliphatic carbocycles. The number of aliphatic hydroxyl groups excluding tert-OH is 1. The van der Waals surface area contributed by atoms with Crippen LogP contribution in [0, 0.1) is 17.8 Å². The van der Waals surface area contributed by atoms with Crippen LogP contribution >= 0.6 is 0 Å². The first-order valence-corrected chi connectivity index (χ1v) is 5.38. The van der Waals surface area contributed by atoms with Gasteiger partial charge in [-0.25, -0.2) is 0 Å². The highest BCUT2D eigenvalue weighted by molar-refractivity contribution is 5.17. The molecule has 2 unspecified atom stereocenters. The van der Waals surface area contributed by atoms with Gasteiger partial charge in [-0.3, -0.25) is 0 Å². The van der Waals surface area contributed by atoms with Gasteiger partial charge in [-0.15, -0.1) is 11.8 Å². The molecule has 1 heteroatoms. The minimum absolute atomic E-state index is 0.258. The maximum Gasteiger partial charge on any atom is 0.0815 e. The van der Waals surface area contributed by atoms with E-state index in [1.54, 1.807) is 0 Å². The zero-order valence-corrected chi connectivity index (χ0v) is 9.40. The van der Waals surface area contributed by atoms with Gasteiger partial charge in [0.1, 0.15) is 0 Å². The molecule has 0 saturated heterocycles. The lowest BCUT2D eigenvalue weighted by atomic mass is 9.93. The summed E-state index contributed by atoms with van der Waals surface area (Å²) >= 11 is 0. The van der Waals surface area contributed by atoms with Gasteiger partial charge < -0.3 is 5.11 Å². The van der Waals surface area contributed by atoms with Crippen LogP contribution < -0.4 is 0 Å². The zero-order valence-electron chi connectivity index (χ0n) is 9.40. The minimum Gasteiger partial charge on any atom is -0.388 e. The highest BCUT2D eigenvalue weighted by Crippen LogP contribution is 2.24. The van der Waals surface area contributed by atoms with Gasteiger partial charge in [0.05, 0.1) is 6.10 Å². The standard InChI is InChI=1S/C14H18O/c1-3-4-6-9-12(2)14(15)13-10-7-5-8-11-13/h5,7-8,10-12,14-15H,6,9H2,1-2H3. The van der Waals surface area contributed by atoms with Crippen molar-refractivity contribution in [2.24, 2.45) is 5.92 Å². The fraction of sp³-hybridized carbons (Fsp3) is 0.429. The van der Waals surface area contributed by atoms with Gasteiger partial charge in [-0.1, -0.05) is 37.3 Å². The molecule has 0 aromatic heterocycles. The monoisotopic (exact) mass is 202 g/mol. The molecular weight excluding hydrogens is 184 g/mol. The topological polar surface area (TPSA) is 20.2 Å². The maximum absolute atomic E-state index is 10.0. The molecule has 0 bridgehead atoms. The van der Waals surface area contributed by atoms with Gasteiger partial charge in [-0.05, 0) is 24.8 Å². The van der Waals surface area contributed by atoms with Crippen LogP contribution in [-0.4, -0.2) is 5.11 Å². The molecule has 0 radical (unpaired) electrons. The number of rotatable bonds is 4. The predicted molar refractivity (Wildman–Crippen MR) is 63.2 cm³/mol. The molecule has 1 N–H and O–H groups in total. The van der Waals surface area contributed by atoms with Crippen molar-refractivity contribution < 1.29 is 5.11 Å². The molecule has 1 aromatic carbocycles. The molecule has 0 fully saturated rings. The summed E-state index contributed by atoms with van der Waals surface area (Å²) in [6.07, 6.45) is 1.43. The van der Waals surface area contributed by atoms with Crippen molar-refractivity contribution in [1.82, 2.24) is 0 Å². The molecule has 1 rings (SSSR count). The van der Waals surface area contributed by atoms with E-state index in [4.69, 9.17) is 0 Å². The van der Waals surface area contributed by atoms with Gasteiger partial charge in [-0.2, -0.15) is 0 Å². The highest BCUT2D eigenvalue weighted by Gasteiger charge is 2.14. The van der Waals surface area contributed by atoms with Crippen LogP contribution in [0.5, 0.6) is 0 Å². The Balaban J connectivity index is 2.52. The Bertz CT molecular complexity index is 331. The molecule has 0 aliphatic heterocycles. The number of hydrogen-bond acceptors (Lipinski definition) is 1. The van der Waals surface area contributed by atoms with Crippen LogP contribution in [0.15, 0.2) is 30.3 Å². The normalized spacial score (nSPS) is 13.8. The third kappa shape index (κ3) is 3.77. The number of benzene rings is 1. The Kier molecular flexibility index (Phi) is 4.93. The third-order valence-corrected chi connectivity index (χ3v) is 2.58. The Morgan fingerprint density at radius 3 is 2.53 bits per heavy atom. The first-order chi connectivity index (χ1) is 7.25. The van der Waals surface area contributed by atoms with Crippen molar-refractivity contribution in [3.05, 3.63) is 35.9 Å². The average molecular weight is 202 g/mol. The summed E-state index contributed by atoms with van der Waals surface area (Å²) in [5.74, 6) is 6.15. The fourth-order valence-electron chi connectivity index (χ4n) is 1.56. The molecule has 15 heavy (non-hydrogen) atoms. The highest BCUT2D eigenvalue weighted by atomic mass is 16.3. The first kappa shape index (κ1) is 11.8. The second-order valence-corrected chi connectivity index (χ2v) is 3.80. The Morgan fingerprint density at radius 1 is 1.27 bits per heavy atom. The molecule has 0 spiro atoms. The van der Waals surface area contributed by atoms with E-state index in [9.17, 15) is 5.11 Å². The summed E-state index contributed by atoms with van der Waals surface area (Å²) in [5, 5.41) is 10.0. The van der Waals surface area contributed by atoms with Crippen molar-refractivity contribution in [1.29, 1.82) is 0 Å². The van der Waals surface area contributed by atoms with E-state index in [0.29, 0.717) is 0 Å². The van der Waals surface area contributed by atoms with Crippen LogP contribution in [0.2, 0.25) is 0 Å². The Hall–Kier alpha value is -1.26. The molecule has 1 nitrogen and oxygen atoms in total. The molecule has 0 amide bonds. The smallest absolute Gasteiger partial charge is 0.0815 e. The van der Waals surface area contributed by atoms with Crippen LogP contribution in [-0.2, 0) is 0 Å². The van der Waals surface area contributed by atoms with Crippen LogP contribution in [0.25, 0.3) is 0 Å². The molecule has 80 valence electrons. The van der Waals surface area contributed by atoms with Crippen LogP contribution in [0.4, 0.5) is 0 Å². The van der Waals surface area contributed by atoms with Crippen molar-refractivity contribution in [2.75, 3.05) is 0 Å². The van der Waals surface area contributed by atoms with E-state index in [1.165, 1.54) is 0 Å². The minimum atomic E-state index is -0.371. The van der Waals surface area contributed by atoms with Gasteiger partial charge in [0.2, 0.25) is 0 Å². The number of hydrogen-bond donors (Lipinski definition) is 1. The second kappa shape index (κ2) is 6.27. The summed E-state index contributed by atoms with van der Waals surface area (Å²) in [6.45, 7) is 3.91. The largest absolute Gasteiger partial charge is 0.388 e. The van der Waals surface area contributed by atoms with E-state index >= 15 is 0 Å². The molecule has 0 aliphatic rings. The molecular formula is C14H18O. The lowest BCUT2D eigenvalue weighted by Crippen LogP contribution is -2.08. The van der Waals surface area contributed by atoms with E-state index < -0.39 is 0 Å². The SMILES string of the molecule is CC#CCCC(C)C(O)c1ccccc1. The van der Waals surface area contributed by atoms with E-state index in [0.717, 1.165) is 18.4 Å². The molecule has 0 saturated carbocycles. The quantitative estimate of drug-likeness (QED) is 0.744. The first-order valence-electron chi connectivity index (χ1n) is 5.38. The predicted octanol–water partition coefficient (Wildman–Crippen LogP) is 3.16. The van der Waals surface area contributed by atoms with Gasteiger partial charge in [0.25, 0.3) is 0 Å². The Morgan fingerprint density at radius 2 is 1.93 bits per heavy atom. The fourth-order valence-corrected chi connectivity index (χ4v) is 1.56. The van der Waals surface area contributed by atoms with Crippen molar-refractivity contribution in [3.63, 3.8) is 0 Å². The van der Waals surface area contributed by atoms with Crippen LogP contribution in [0.1, 0.15) is 38.4 Å². The van der Waals surface area contributed by atoms with Gasteiger partial charge in [0.15, 0.2) is 0 Å². The zero-order chi connectivity index (χ0) is 11.1. The van der Waals surface area contributed by atoms with Gasteiger partial charge in [0, 0.05) is 6.42 Å². The number of aliphatic hydroxyl groups is 1. The lowest BCUT2D eigenvalue weighted by molar-refractivity contribution is 0.113. The molecule has 2 atom stereocenters. The summed E-state index contributed by atoms with van der Waals surface area (Å²) in [6, 6.07) is 9.80. The van der Waals surface area contributed by atoms with E-state index in [1.807, 2.05) is 37.3 Å². The molecule has 1 aromatic rings. The summed E-state index contributed by atoms with van der Waals surface area (Å²) in [5.41, 5.74) is 0.995.